The van der Waals surface area contributed by atoms with E-state index in [2.05, 4.69) is 10.4 Å². The molecule has 3 N–H and O–H groups in total. The molecular weight excluding hydrogens is 216 g/mol. The van der Waals surface area contributed by atoms with Gasteiger partial charge in [-0.3, -0.25) is 9.48 Å². The molecule has 0 spiro atoms. The van der Waals surface area contributed by atoms with Crippen LogP contribution in [0.2, 0.25) is 0 Å². The number of nitrogens with zero attached hydrogens (tertiary/aromatic N) is 2. The maximum Gasteiger partial charge on any atom is 0.237 e. The number of carbonyl (C=O) groups excluding carboxylic acids is 1. The quantitative estimate of drug-likeness (QED) is 0.788. The summed E-state index contributed by atoms with van der Waals surface area (Å²) < 4.78 is 1.77. The van der Waals surface area contributed by atoms with Crippen molar-refractivity contribution in [3.05, 3.63) is 17.5 Å². The fourth-order valence-electron chi connectivity index (χ4n) is 1.63. The van der Waals surface area contributed by atoms with Crippen LogP contribution in [-0.4, -0.2) is 21.7 Å². The van der Waals surface area contributed by atoms with E-state index in [1.54, 1.807) is 4.68 Å². The summed E-state index contributed by atoms with van der Waals surface area (Å²) in [6, 6.07) is -0.447. The smallest absolute Gasteiger partial charge is 0.237 e. The summed E-state index contributed by atoms with van der Waals surface area (Å²) in [6.45, 7) is 6.42. The number of amides is 1. The SMILES string of the molecule is CCc1nn(C)cc1CNC(=O)C(N)C(C)C. The maximum atomic E-state index is 11.7. The molecule has 0 saturated heterocycles. The predicted octanol–water partition coefficient (Wildman–Crippen LogP) is 0.582. The van der Waals surface area contributed by atoms with Crippen LogP contribution in [0.25, 0.3) is 0 Å². The lowest BCUT2D eigenvalue weighted by molar-refractivity contribution is -0.123. The molecule has 0 aliphatic carbocycles. The van der Waals surface area contributed by atoms with Gasteiger partial charge in [-0.25, -0.2) is 0 Å². The largest absolute Gasteiger partial charge is 0.351 e. The van der Waals surface area contributed by atoms with E-state index in [1.807, 2.05) is 34.0 Å². The number of carbonyl (C=O) groups is 1. The lowest BCUT2D eigenvalue weighted by Gasteiger charge is -2.15. The van der Waals surface area contributed by atoms with Gasteiger partial charge in [-0.2, -0.15) is 5.10 Å². The third-order valence-corrected chi connectivity index (χ3v) is 2.80. The molecule has 1 atom stereocenters. The normalized spacial score (nSPS) is 12.8. The maximum absolute atomic E-state index is 11.7. The molecule has 0 aromatic carbocycles. The van der Waals surface area contributed by atoms with Gasteiger partial charge in [-0.05, 0) is 12.3 Å². The van der Waals surface area contributed by atoms with Crippen molar-refractivity contribution in [1.29, 1.82) is 0 Å². The Hall–Kier alpha value is -1.36. The van der Waals surface area contributed by atoms with Gasteiger partial charge in [-0.1, -0.05) is 20.8 Å². The first kappa shape index (κ1) is 13.7. The second kappa shape index (κ2) is 5.82. The molecule has 5 nitrogen and oxygen atoms in total. The highest BCUT2D eigenvalue weighted by atomic mass is 16.2. The van der Waals surface area contributed by atoms with Gasteiger partial charge >= 0.3 is 0 Å². The van der Waals surface area contributed by atoms with Gasteiger partial charge in [0, 0.05) is 25.4 Å². The average Bonchev–Trinajstić information content (AvgIpc) is 2.65. The van der Waals surface area contributed by atoms with E-state index in [4.69, 9.17) is 5.73 Å². The van der Waals surface area contributed by atoms with E-state index >= 15 is 0 Å². The molecule has 0 aliphatic heterocycles. The number of nitrogens with one attached hydrogen (secondary N) is 1. The first-order valence-corrected chi connectivity index (χ1v) is 6.00. The highest BCUT2D eigenvalue weighted by Crippen LogP contribution is 2.07. The number of hydrogen-bond acceptors (Lipinski definition) is 3. The Bertz CT molecular complexity index is 384. The highest BCUT2D eigenvalue weighted by molar-refractivity contribution is 5.81. The zero-order chi connectivity index (χ0) is 13.0. The van der Waals surface area contributed by atoms with Gasteiger partial charge in [0.1, 0.15) is 0 Å². The number of rotatable bonds is 5. The van der Waals surface area contributed by atoms with Gasteiger partial charge in [-0.15, -0.1) is 0 Å². The first-order valence-electron chi connectivity index (χ1n) is 6.00. The lowest BCUT2D eigenvalue weighted by atomic mass is 10.0. The average molecular weight is 238 g/mol. The second-order valence-electron chi connectivity index (χ2n) is 4.62. The number of aryl methyl sites for hydroxylation is 2. The van der Waals surface area contributed by atoms with E-state index in [0.717, 1.165) is 17.7 Å². The number of hydrogen-bond donors (Lipinski definition) is 2. The van der Waals surface area contributed by atoms with Crippen LogP contribution in [0.15, 0.2) is 6.20 Å². The Kier molecular flexibility index (Phi) is 4.69. The minimum absolute atomic E-state index is 0.106. The van der Waals surface area contributed by atoms with Crippen molar-refractivity contribution in [2.24, 2.45) is 18.7 Å². The molecule has 17 heavy (non-hydrogen) atoms. The molecule has 1 unspecified atom stereocenters. The molecule has 0 radical (unpaired) electrons. The van der Waals surface area contributed by atoms with Gasteiger partial charge in [0.05, 0.1) is 11.7 Å². The summed E-state index contributed by atoms with van der Waals surface area (Å²) in [4.78, 5) is 11.7. The van der Waals surface area contributed by atoms with E-state index in [9.17, 15) is 4.79 Å². The Morgan fingerprint density at radius 2 is 2.24 bits per heavy atom. The molecule has 1 aromatic heterocycles. The summed E-state index contributed by atoms with van der Waals surface area (Å²) in [5, 5.41) is 7.17. The van der Waals surface area contributed by atoms with Crippen molar-refractivity contribution >= 4 is 5.91 Å². The van der Waals surface area contributed by atoms with Crippen molar-refractivity contribution in [1.82, 2.24) is 15.1 Å². The molecule has 0 saturated carbocycles. The van der Waals surface area contributed by atoms with Crippen LogP contribution in [0.1, 0.15) is 32.0 Å². The minimum Gasteiger partial charge on any atom is -0.351 e. The van der Waals surface area contributed by atoms with Crippen molar-refractivity contribution in [3.8, 4) is 0 Å². The fraction of sp³-hybridized carbons (Fsp3) is 0.667. The van der Waals surface area contributed by atoms with Gasteiger partial charge in [0.2, 0.25) is 5.91 Å². The Labute approximate surface area is 102 Å². The molecule has 1 amide bonds. The molecule has 0 fully saturated rings. The second-order valence-corrected chi connectivity index (χ2v) is 4.62. The topological polar surface area (TPSA) is 72.9 Å². The van der Waals surface area contributed by atoms with Crippen LogP contribution >= 0.6 is 0 Å². The lowest BCUT2D eigenvalue weighted by Crippen LogP contribution is -2.43. The predicted molar refractivity (Wildman–Crippen MR) is 67.2 cm³/mol. The molecule has 0 aliphatic rings. The van der Waals surface area contributed by atoms with Gasteiger partial charge in [0.25, 0.3) is 0 Å². The van der Waals surface area contributed by atoms with E-state index in [1.165, 1.54) is 0 Å². The van der Waals surface area contributed by atoms with Crippen LogP contribution in [0.3, 0.4) is 0 Å². The molecule has 1 rings (SSSR count). The minimum atomic E-state index is -0.447. The Balaban J connectivity index is 2.58. The van der Waals surface area contributed by atoms with E-state index in [-0.39, 0.29) is 11.8 Å². The Morgan fingerprint density at radius 1 is 1.59 bits per heavy atom. The molecule has 5 heteroatoms. The van der Waals surface area contributed by atoms with Crippen molar-refractivity contribution in [2.75, 3.05) is 0 Å². The third kappa shape index (κ3) is 3.56. The molecule has 96 valence electrons. The van der Waals surface area contributed by atoms with Crippen LogP contribution in [0.4, 0.5) is 0 Å². The third-order valence-electron chi connectivity index (χ3n) is 2.80. The Morgan fingerprint density at radius 3 is 2.76 bits per heavy atom. The summed E-state index contributed by atoms with van der Waals surface area (Å²) in [7, 11) is 1.88. The zero-order valence-corrected chi connectivity index (χ0v) is 11.0. The van der Waals surface area contributed by atoms with Gasteiger partial charge in [0.15, 0.2) is 0 Å². The first-order chi connectivity index (χ1) is 7.95. The zero-order valence-electron chi connectivity index (χ0n) is 11.0. The highest BCUT2D eigenvalue weighted by Gasteiger charge is 2.17. The molecular formula is C12H22N4O. The summed E-state index contributed by atoms with van der Waals surface area (Å²) in [5.41, 5.74) is 7.84. The standard InChI is InChI=1S/C12H22N4O/c1-5-10-9(7-16(4)15-10)6-14-12(17)11(13)8(2)3/h7-8,11H,5-6,13H2,1-4H3,(H,14,17). The summed E-state index contributed by atoms with van der Waals surface area (Å²) in [5.74, 6) is 0.0421. The fourth-order valence-corrected chi connectivity index (χ4v) is 1.63. The van der Waals surface area contributed by atoms with E-state index in [0.29, 0.717) is 6.54 Å². The van der Waals surface area contributed by atoms with Crippen LogP contribution in [-0.2, 0) is 24.8 Å². The van der Waals surface area contributed by atoms with Gasteiger partial charge < -0.3 is 11.1 Å². The monoisotopic (exact) mass is 238 g/mol. The number of nitrogens with two attached hydrogens (primary N) is 1. The summed E-state index contributed by atoms with van der Waals surface area (Å²) in [6.07, 6.45) is 2.79. The van der Waals surface area contributed by atoms with Crippen molar-refractivity contribution in [2.45, 2.75) is 39.8 Å². The molecule has 1 aromatic rings. The summed E-state index contributed by atoms with van der Waals surface area (Å²) >= 11 is 0. The van der Waals surface area contributed by atoms with Crippen LogP contribution in [0, 0.1) is 5.92 Å². The molecule has 0 bridgehead atoms. The van der Waals surface area contributed by atoms with Crippen molar-refractivity contribution < 1.29 is 4.79 Å². The van der Waals surface area contributed by atoms with Crippen LogP contribution < -0.4 is 11.1 Å². The van der Waals surface area contributed by atoms with Crippen molar-refractivity contribution in [3.63, 3.8) is 0 Å². The van der Waals surface area contributed by atoms with E-state index < -0.39 is 6.04 Å². The number of aromatic nitrogens is 2. The molecule has 1 heterocycles. The van der Waals surface area contributed by atoms with Crippen LogP contribution in [0.5, 0.6) is 0 Å².